The molecule has 12 nitrogen and oxygen atoms in total. The van der Waals surface area contributed by atoms with Gasteiger partial charge in [0.25, 0.3) is 0 Å². The van der Waals surface area contributed by atoms with Crippen molar-refractivity contribution in [1.29, 1.82) is 0 Å². The Labute approximate surface area is 319 Å². The summed E-state index contributed by atoms with van der Waals surface area (Å²) in [5.74, 6) is -5.48. The molecular formula is C39H38BrClO12. The Bertz CT molecular complexity index is 2160. The molecule has 0 bridgehead atoms. The van der Waals surface area contributed by atoms with Crippen LogP contribution in [0.4, 0.5) is 0 Å². The fourth-order valence-corrected chi connectivity index (χ4v) is 7.22. The SMILES string of the molecule is CCc1c(OC(=O)c2c(C)c(C)c(OC(=O)[C@@]3(O)C(C)=CC(=O)C=C3OC)c(Br)c2O)cc(C)c(C(=O)Oc2c(C)c(C)c(C(=O)O)c(Cl)c2C)c1C. The van der Waals surface area contributed by atoms with Gasteiger partial charge in [0.05, 0.1) is 23.3 Å². The lowest BCUT2D eigenvalue weighted by atomic mass is 9.87. The Hall–Kier alpha value is -4.98. The topological polar surface area (TPSA) is 183 Å². The third-order valence-corrected chi connectivity index (χ3v) is 10.8. The van der Waals surface area contributed by atoms with Crippen LogP contribution in [0.25, 0.3) is 0 Å². The van der Waals surface area contributed by atoms with Gasteiger partial charge < -0.3 is 34.3 Å². The van der Waals surface area contributed by atoms with E-state index in [1.807, 2.05) is 0 Å². The number of carbonyl (C=O) groups is 5. The van der Waals surface area contributed by atoms with Crippen molar-refractivity contribution in [3.05, 3.63) is 100 Å². The lowest BCUT2D eigenvalue weighted by Crippen LogP contribution is -2.47. The first kappa shape index (κ1) is 40.8. The monoisotopic (exact) mass is 812 g/mol. The number of hydrogen-bond donors (Lipinski definition) is 3. The number of aliphatic hydroxyl groups is 1. The van der Waals surface area contributed by atoms with Gasteiger partial charge in [0.1, 0.15) is 33.0 Å². The number of benzene rings is 3. The molecule has 0 amide bonds. The van der Waals surface area contributed by atoms with E-state index in [-0.39, 0.29) is 65.9 Å². The molecule has 1 aliphatic rings. The van der Waals surface area contributed by atoms with Crippen molar-refractivity contribution in [2.75, 3.05) is 7.11 Å². The number of carbonyl (C=O) groups excluding carboxylic acids is 4. The average Bonchev–Trinajstić information content (AvgIpc) is 3.08. The largest absolute Gasteiger partial charge is 0.506 e. The number of rotatable bonds is 9. The molecule has 4 rings (SSSR count). The van der Waals surface area contributed by atoms with E-state index in [0.29, 0.717) is 39.8 Å². The smallest absolute Gasteiger partial charge is 0.356 e. The third kappa shape index (κ3) is 6.96. The van der Waals surface area contributed by atoms with E-state index in [1.165, 1.54) is 33.9 Å². The quantitative estimate of drug-likeness (QED) is 0.144. The summed E-state index contributed by atoms with van der Waals surface area (Å²) in [6.07, 6.45) is 2.35. The molecule has 53 heavy (non-hydrogen) atoms. The molecular weight excluding hydrogens is 776 g/mol. The van der Waals surface area contributed by atoms with E-state index < -0.39 is 41.0 Å². The van der Waals surface area contributed by atoms with Gasteiger partial charge in [-0.3, -0.25) is 4.79 Å². The summed E-state index contributed by atoms with van der Waals surface area (Å²) in [5.41, 5.74) is 0.321. The molecule has 0 unspecified atom stereocenters. The zero-order valence-corrected chi connectivity index (χ0v) is 33.1. The van der Waals surface area contributed by atoms with Gasteiger partial charge in [0.2, 0.25) is 5.60 Å². The summed E-state index contributed by atoms with van der Waals surface area (Å²) in [6, 6.07) is 1.50. The van der Waals surface area contributed by atoms with Gasteiger partial charge in [-0.15, -0.1) is 0 Å². The number of hydrogen-bond acceptors (Lipinski definition) is 11. The number of aromatic hydroxyl groups is 1. The van der Waals surface area contributed by atoms with E-state index in [2.05, 4.69) is 15.9 Å². The fourth-order valence-electron chi connectivity index (χ4n) is 6.34. The van der Waals surface area contributed by atoms with E-state index in [1.54, 1.807) is 41.5 Å². The molecule has 0 fully saturated rings. The van der Waals surface area contributed by atoms with Crippen LogP contribution >= 0.6 is 27.5 Å². The maximum absolute atomic E-state index is 13.8. The van der Waals surface area contributed by atoms with Gasteiger partial charge in [-0.1, -0.05) is 18.5 Å². The second-order valence-electron chi connectivity index (χ2n) is 12.7. The number of carboxylic acid groups (broad SMARTS) is 1. The first-order chi connectivity index (χ1) is 24.6. The number of phenols is 1. The number of phenolic OH excluding ortho intramolecular Hbond substituents is 1. The van der Waals surface area contributed by atoms with Gasteiger partial charge in [0, 0.05) is 11.6 Å². The lowest BCUT2D eigenvalue weighted by molar-refractivity contribution is -0.151. The summed E-state index contributed by atoms with van der Waals surface area (Å²) >= 11 is 9.58. The van der Waals surface area contributed by atoms with Gasteiger partial charge in [-0.25, -0.2) is 19.2 Å². The molecule has 0 saturated carbocycles. The molecule has 0 saturated heterocycles. The number of allylic oxidation sites excluding steroid dienone is 2. The minimum Gasteiger partial charge on any atom is -0.506 e. The maximum Gasteiger partial charge on any atom is 0.356 e. The molecule has 14 heteroatoms. The summed E-state index contributed by atoms with van der Waals surface area (Å²) in [5, 5.41) is 32.1. The van der Waals surface area contributed by atoms with E-state index >= 15 is 0 Å². The molecule has 1 aliphatic carbocycles. The third-order valence-electron chi connectivity index (χ3n) is 9.60. The number of carboxylic acids is 1. The predicted molar refractivity (Wildman–Crippen MR) is 198 cm³/mol. The van der Waals surface area contributed by atoms with Crippen molar-refractivity contribution in [2.45, 2.75) is 74.3 Å². The van der Waals surface area contributed by atoms with Gasteiger partial charge in [0.15, 0.2) is 11.5 Å². The molecule has 0 radical (unpaired) electrons. The molecule has 3 N–H and O–H groups in total. The zero-order chi connectivity index (χ0) is 40.0. The normalized spacial score (nSPS) is 15.4. The van der Waals surface area contributed by atoms with E-state index in [9.17, 15) is 39.3 Å². The standard InChI is InChI=1S/C39H38BrClO12/c1-11-24-21(8)27(36(46)52-33-19(6)17(4)28(35(44)45)31(41)22(33)9)15(2)12-25(24)51-37(47)29-18(5)20(7)34(30(40)32(29)43)53-38(48)39(49)16(3)13-23(42)14-26(39)50-10/h12-14,43,49H,11H2,1-10H3,(H,44,45)/t39-/m1/s1. The Balaban J connectivity index is 1.69. The second-order valence-corrected chi connectivity index (χ2v) is 13.8. The summed E-state index contributed by atoms with van der Waals surface area (Å²) in [6.45, 7) is 14.3. The minimum atomic E-state index is -2.44. The fraction of sp³-hybridized carbons (Fsp3) is 0.308. The Kier molecular flexibility index (Phi) is 11.7. The first-order valence-corrected chi connectivity index (χ1v) is 17.4. The molecule has 1 atom stereocenters. The van der Waals surface area contributed by atoms with Crippen molar-refractivity contribution in [2.24, 2.45) is 0 Å². The lowest BCUT2D eigenvalue weighted by Gasteiger charge is -2.30. The Morgan fingerprint density at radius 2 is 1.36 bits per heavy atom. The molecule has 3 aromatic carbocycles. The van der Waals surface area contributed by atoms with Gasteiger partial charge in [-0.2, -0.15) is 0 Å². The van der Waals surface area contributed by atoms with Crippen LogP contribution in [0.3, 0.4) is 0 Å². The summed E-state index contributed by atoms with van der Waals surface area (Å²) < 4.78 is 22.2. The highest BCUT2D eigenvalue weighted by Gasteiger charge is 2.48. The van der Waals surface area contributed by atoms with Crippen LogP contribution < -0.4 is 14.2 Å². The highest BCUT2D eigenvalue weighted by molar-refractivity contribution is 9.10. The number of ketones is 1. The molecule has 280 valence electrons. The number of methoxy groups -OCH3 is 1. The van der Waals surface area contributed by atoms with Crippen LogP contribution in [0.1, 0.15) is 89.4 Å². The zero-order valence-electron chi connectivity index (χ0n) is 30.7. The number of ether oxygens (including phenoxy) is 4. The number of halogens is 2. The van der Waals surface area contributed by atoms with Crippen molar-refractivity contribution in [3.8, 4) is 23.0 Å². The van der Waals surface area contributed by atoms with Crippen molar-refractivity contribution in [3.63, 3.8) is 0 Å². The predicted octanol–water partition coefficient (Wildman–Crippen LogP) is 7.36. The molecule has 3 aromatic rings. The summed E-state index contributed by atoms with van der Waals surface area (Å²) in [4.78, 5) is 64.6. The van der Waals surface area contributed by atoms with Gasteiger partial charge in [-0.05, 0) is 134 Å². The number of aromatic carboxylic acids is 1. The Morgan fingerprint density at radius 3 is 1.92 bits per heavy atom. The Morgan fingerprint density at radius 1 is 0.792 bits per heavy atom. The van der Waals surface area contributed by atoms with Crippen LogP contribution in [-0.4, -0.2) is 57.7 Å². The van der Waals surface area contributed by atoms with Crippen LogP contribution in [0, 0.1) is 48.5 Å². The van der Waals surface area contributed by atoms with E-state index in [4.69, 9.17) is 30.5 Å². The van der Waals surface area contributed by atoms with Crippen molar-refractivity contribution < 1.29 is 58.2 Å². The second kappa shape index (κ2) is 15.2. The average molecular weight is 814 g/mol. The number of aryl methyl sites for hydroxylation is 1. The highest BCUT2D eigenvalue weighted by Crippen LogP contribution is 2.44. The van der Waals surface area contributed by atoms with Gasteiger partial charge >= 0.3 is 23.9 Å². The van der Waals surface area contributed by atoms with Crippen LogP contribution in [0.5, 0.6) is 23.0 Å². The van der Waals surface area contributed by atoms with Crippen molar-refractivity contribution >= 4 is 57.2 Å². The molecule has 0 spiro atoms. The minimum absolute atomic E-state index is 0.0381. The molecule has 0 heterocycles. The summed E-state index contributed by atoms with van der Waals surface area (Å²) in [7, 11) is 1.18. The van der Waals surface area contributed by atoms with Crippen LogP contribution in [0.2, 0.25) is 5.02 Å². The number of esters is 3. The van der Waals surface area contributed by atoms with Crippen LogP contribution in [0.15, 0.2) is 34.0 Å². The first-order valence-electron chi connectivity index (χ1n) is 16.2. The highest BCUT2D eigenvalue weighted by atomic mass is 79.9. The molecule has 0 aliphatic heterocycles. The maximum atomic E-state index is 13.8. The van der Waals surface area contributed by atoms with Crippen LogP contribution in [-0.2, 0) is 20.7 Å². The van der Waals surface area contributed by atoms with E-state index in [0.717, 1.165) is 12.2 Å². The van der Waals surface area contributed by atoms with Crippen molar-refractivity contribution in [1.82, 2.24) is 0 Å². The molecule has 0 aromatic heterocycles.